The number of alkyl halides is 2. The van der Waals surface area contributed by atoms with Gasteiger partial charge in [0.05, 0.1) is 6.54 Å². The van der Waals surface area contributed by atoms with E-state index in [0.29, 0.717) is 19.4 Å². The molecule has 1 amide bonds. The fourth-order valence-corrected chi connectivity index (χ4v) is 3.03. The van der Waals surface area contributed by atoms with Crippen LogP contribution < -0.4 is 4.74 Å². The van der Waals surface area contributed by atoms with Crippen molar-refractivity contribution in [2.45, 2.75) is 32.5 Å². The zero-order valence-corrected chi connectivity index (χ0v) is 12.2. The minimum absolute atomic E-state index is 0.116. The van der Waals surface area contributed by atoms with Gasteiger partial charge in [0.2, 0.25) is 0 Å². The van der Waals surface area contributed by atoms with E-state index in [4.69, 9.17) is 4.74 Å². The van der Waals surface area contributed by atoms with Crippen molar-refractivity contribution in [3.8, 4) is 5.75 Å². The van der Waals surface area contributed by atoms with E-state index in [9.17, 15) is 18.4 Å². The molecule has 0 aromatic carbocycles. The number of esters is 1. The van der Waals surface area contributed by atoms with Crippen LogP contribution in [0, 0.1) is 0 Å². The zero-order valence-electron chi connectivity index (χ0n) is 11.4. The summed E-state index contributed by atoms with van der Waals surface area (Å²) >= 11 is 1.05. The maximum Gasteiger partial charge on any atom is 0.387 e. The van der Waals surface area contributed by atoms with Gasteiger partial charge >= 0.3 is 12.6 Å². The fourth-order valence-electron chi connectivity index (χ4n) is 2.24. The molecule has 0 spiro atoms. The highest BCUT2D eigenvalue weighted by Gasteiger charge is 2.29. The van der Waals surface area contributed by atoms with Gasteiger partial charge in [0.25, 0.3) is 5.91 Å². The minimum Gasteiger partial charge on any atom is -0.461 e. The molecule has 0 aliphatic carbocycles. The zero-order chi connectivity index (χ0) is 15.4. The van der Waals surface area contributed by atoms with Gasteiger partial charge in [-0.25, -0.2) is 0 Å². The number of carbonyl (C=O) groups excluding carboxylic acids is 2. The lowest BCUT2D eigenvalue weighted by atomic mass is 10.1. The third-order valence-corrected chi connectivity index (χ3v) is 3.92. The van der Waals surface area contributed by atoms with Gasteiger partial charge in [-0.1, -0.05) is 0 Å². The molecule has 1 aliphatic heterocycles. The number of hydrogen-bond donors (Lipinski definition) is 0. The first-order valence-corrected chi connectivity index (χ1v) is 7.34. The first-order valence-electron chi connectivity index (χ1n) is 6.46. The van der Waals surface area contributed by atoms with Crippen molar-refractivity contribution < 1.29 is 27.8 Å². The number of nitrogens with zero attached hydrogens (tertiary/aromatic N) is 1. The van der Waals surface area contributed by atoms with Gasteiger partial charge in [0, 0.05) is 13.5 Å². The van der Waals surface area contributed by atoms with E-state index in [1.165, 1.54) is 23.3 Å². The Labute approximate surface area is 124 Å². The number of ether oxygens (including phenoxy) is 2. The van der Waals surface area contributed by atoms with Crippen molar-refractivity contribution in [1.29, 1.82) is 0 Å². The molecule has 5 nitrogen and oxygen atoms in total. The van der Waals surface area contributed by atoms with Crippen LogP contribution >= 0.6 is 11.3 Å². The molecule has 1 aromatic heterocycles. The number of halogens is 2. The Morgan fingerprint density at radius 3 is 2.90 bits per heavy atom. The normalized spacial score (nSPS) is 18.7. The van der Waals surface area contributed by atoms with Crippen LogP contribution in [-0.4, -0.2) is 42.6 Å². The largest absolute Gasteiger partial charge is 0.461 e. The summed E-state index contributed by atoms with van der Waals surface area (Å²) in [6.45, 7) is -0.886. The van der Waals surface area contributed by atoms with Crippen molar-refractivity contribution in [3.05, 3.63) is 16.3 Å². The van der Waals surface area contributed by atoms with Crippen LogP contribution in [0.1, 0.15) is 29.4 Å². The first kappa shape index (κ1) is 15.7. The second kappa shape index (κ2) is 6.84. The van der Waals surface area contributed by atoms with E-state index in [0.717, 1.165) is 11.3 Å². The number of rotatable bonds is 4. The van der Waals surface area contributed by atoms with E-state index in [2.05, 4.69) is 4.74 Å². The highest BCUT2D eigenvalue weighted by atomic mass is 32.1. The number of thiophene rings is 1. The van der Waals surface area contributed by atoms with Crippen LogP contribution in [0.4, 0.5) is 8.78 Å². The van der Waals surface area contributed by atoms with Gasteiger partial charge in [0.1, 0.15) is 16.7 Å². The van der Waals surface area contributed by atoms with Gasteiger partial charge < -0.3 is 14.4 Å². The van der Waals surface area contributed by atoms with E-state index in [-0.39, 0.29) is 29.2 Å². The van der Waals surface area contributed by atoms with Crippen molar-refractivity contribution in [1.82, 2.24) is 4.90 Å². The molecule has 116 valence electrons. The number of carbonyl (C=O) groups is 2. The Bertz CT molecular complexity index is 520. The summed E-state index contributed by atoms with van der Waals surface area (Å²) in [5.74, 6) is -0.890. The van der Waals surface area contributed by atoms with Crippen molar-refractivity contribution >= 4 is 23.2 Å². The van der Waals surface area contributed by atoms with E-state index in [1.807, 2.05) is 0 Å². The van der Waals surface area contributed by atoms with Crippen LogP contribution in [0.25, 0.3) is 0 Å². The summed E-state index contributed by atoms with van der Waals surface area (Å²) in [6, 6.07) is 1.34. The maximum atomic E-state index is 12.4. The highest BCUT2D eigenvalue weighted by Crippen LogP contribution is 2.29. The lowest BCUT2D eigenvalue weighted by Crippen LogP contribution is -2.43. The second-order valence-corrected chi connectivity index (χ2v) is 5.53. The van der Waals surface area contributed by atoms with Crippen LogP contribution in [0.15, 0.2) is 11.4 Å². The summed E-state index contributed by atoms with van der Waals surface area (Å²) in [4.78, 5) is 25.0. The van der Waals surface area contributed by atoms with E-state index in [1.54, 1.807) is 0 Å². The van der Waals surface area contributed by atoms with Crippen LogP contribution in [0.5, 0.6) is 5.75 Å². The fraction of sp³-hybridized carbons (Fsp3) is 0.538. The molecule has 1 aromatic rings. The number of amides is 1. The Hall–Kier alpha value is -1.70. The Morgan fingerprint density at radius 1 is 1.48 bits per heavy atom. The average Bonchev–Trinajstić information content (AvgIpc) is 2.84. The first-order chi connectivity index (χ1) is 9.97. The lowest BCUT2D eigenvalue weighted by Gasteiger charge is -2.32. The summed E-state index contributed by atoms with van der Waals surface area (Å²) in [7, 11) is 0. The number of piperidine rings is 1. The smallest absolute Gasteiger partial charge is 0.387 e. The van der Waals surface area contributed by atoms with Gasteiger partial charge in [-0.15, -0.1) is 11.3 Å². The highest BCUT2D eigenvalue weighted by molar-refractivity contribution is 7.12. The minimum atomic E-state index is -2.97. The molecule has 0 unspecified atom stereocenters. The lowest BCUT2D eigenvalue weighted by molar-refractivity contribution is -0.148. The summed E-state index contributed by atoms with van der Waals surface area (Å²) in [5.41, 5.74) is 0. The number of likely N-dealkylation sites (tertiary alicyclic amines) is 1. The van der Waals surface area contributed by atoms with Crippen molar-refractivity contribution in [3.63, 3.8) is 0 Å². The topological polar surface area (TPSA) is 55.8 Å². The Kier molecular flexibility index (Phi) is 5.11. The predicted octanol–water partition coefficient (Wildman–Crippen LogP) is 2.52. The van der Waals surface area contributed by atoms with Crippen molar-refractivity contribution in [2.75, 3.05) is 13.1 Å². The number of hydrogen-bond acceptors (Lipinski definition) is 5. The molecular formula is C13H15F2NO4S. The van der Waals surface area contributed by atoms with Gasteiger partial charge in [-0.3, -0.25) is 9.59 Å². The molecule has 1 aliphatic rings. The molecule has 1 atom stereocenters. The van der Waals surface area contributed by atoms with Crippen LogP contribution in [0.2, 0.25) is 0 Å². The Morgan fingerprint density at radius 2 is 2.24 bits per heavy atom. The molecule has 1 saturated heterocycles. The average molecular weight is 319 g/mol. The summed E-state index contributed by atoms with van der Waals surface area (Å²) < 4.78 is 34.0. The molecule has 21 heavy (non-hydrogen) atoms. The van der Waals surface area contributed by atoms with Crippen LogP contribution in [-0.2, 0) is 9.53 Å². The second-order valence-electron chi connectivity index (χ2n) is 4.62. The van der Waals surface area contributed by atoms with E-state index >= 15 is 0 Å². The third kappa shape index (κ3) is 4.13. The molecule has 1 fully saturated rings. The standard InChI is InChI=1S/C13H15F2NO4S/c1-8(17)19-9-3-2-5-16(7-9)12(18)11-10(4-6-21-11)20-13(14)15/h4,6,9,13H,2-3,5,7H2,1H3/t9-/m0/s1. The predicted molar refractivity (Wildman–Crippen MR) is 71.6 cm³/mol. The molecule has 2 rings (SSSR count). The molecular weight excluding hydrogens is 304 g/mol. The van der Waals surface area contributed by atoms with Crippen molar-refractivity contribution in [2.24, 2.45) is 0 Å². The SMILES string of the molecule is CC(=O)O[C@H]1CCCN(C(=O)c2sccc2OC(F)F)C1. The van der Waals surface area contributed by atoms with E-state index < -0.39 is 12.6 Å². The third-order valence-electron chi connectivity index (χ3n) is 3.04. The molecule has 2 heterocycles. The molecule has 0 saturated carbocycles. The van der Waals surface area contributed by atoms with Gasteiger partial charge in [-0.05, 0) is 24.3 Å². The summed E-state index contributed by atoms with van der Waals surface area (Å²) in [5, 5.41) is 1.53. The molecule has 0 bridgehead atoms. The molecule has 0 N–H and O–H groups in total. The van der Waals surface area contributed by atoms with Gasteiger partial charge in [-0.2, -0.15) is 8.78 Å². The Balaban J connectivity index is 2.05. The maximum absolute atomic E-state index is 12.4. The quantitative estimate of drug-likeness (QED) is 0.800. The molecule has 8 heteroatoms. The van der Waals surface area contributed by atoms with Gasteiger partial charge in [0.15, 0.2) is 0 Å². The summed E-state index contributed by atoms with van der Waals surface area (Å²) in [6.07, 6.45) is 1.04. The molecule has 0 radical (unpaired) electrons. The van der Waals surface area contributed by atoms with Crippen LogP contribution in [0.3, 0.4) is 0 Å². The monoisotopic (exact) mass is 319 g/mol.